The summed E-state index contributed by atoms with van der Waals surface area (Å²) in [7, 11) is 1.05. The summed E-state index contributed by atoms with van der Waals surface area (Å²) >= 11 is 6.20. The van der Waals surface area contributed by atoms with Gasteiger partial charge < -0.3 is 19.1 Å². The zero-order chi connectivity index (χ0) is 24.3. The zero-order valence-corrected chi connectivity index (χ0v) is 19.8. The van der Waals surface area contributed by atoms with Gasteiger partial charge in [-0.05, 0) is 30.2 Å². The van der Waals surface area contributed by atoms with Crippen LogP contribution in [0.5, 0.6) is 17.2 Å². The largest absolute Gasteiger partial charge is 0.493 e. The highest BCUT2D eigenvalue weighted by Gasteiger charge is 2.36. The van der Waals surface area contributed by atoms with Crippen LogP contribution in [0.1, 0.15) is 22.3 Å². The van der Waals surface area contributed by atoms with E-state index in [0.717, 1.165) is 6.07 Å². The Hall–Kier alpha value is -3.05. The van der Waals surface area contributed by atoms with Crippen LogP contribution >= 0.6 is 11.6 Å². The topological polar surface area (TPSA) is 125 Å². The van der Waals surface area contributed by atoms with Crippen molar-refractivity contribution in [3.8, 4) is 17.2 Å². The van der Waals surface area contributed by atoms with Crippen LogP contribution < -0.4 is 14.2 Å². The van der Waals surface area contributed by atoms with Gasteiger partial charge in [0.25, 0.3) is 11.6 Å². The highest BCUT2D eigenvalue weighted by Crippen LogP contribution is 2.39. The van der Waals surface area contributed by atoms with E-state index in [4.69, 9.17) is 25.8 Å². The molecule has 0 spiro atoms. The molecule has 33 heavy (non-hydrogen) atoms. The van der Waals surface area contributed by atoms with Crippen molar-refractivity contribution in [3.05, 3.63) is 56.6 Å². The average Bonchev–Trinajstić information content (AvgIpc) is 3.15. The SMILES string of the molecule is COc1cc(CN(C(=O)c2cc([N+](=O)[O-])ccc2Cl)C2CCS(=O)(=O)C2)cc(OC)c1OC. The second-order valence-electron chi connectivity index (χ2n) is 7.44. The van der Waals surface area contributed by atoms with E-state index in [1.165, 1.54) is 38.4 Å². The molecule has 1 fully saturated rings. The van der Waals surface area contributed by atoms with Gasteiger partial charge in [-0.15, -0.1) is 0 Å². The van der Waals surface area contributed by atoms with Crippen molar-refractivity contribution >= 4 is 33.0 Å². The molecular formula is C21H23ClN2O8S. The van der Waals surface area contributed by atoms with E-state index >= 15 is 0 Å². The molecule has 0 aromatic heterocycles. The fraction of sp³-hybridized carbons (Fsp3) is 0.381. The first-order valence-electron chi connectivity index (χ1n) is 9.84. The third-order valence-corrected chi connectivity index (χ3v) is 7.46. The number of methoxy groups -OCH3 is 3. The first kappa shape index (κ1) is 24.6. The molecule has 178 valence electrons. The molecule has 1 atom stereocenters. The van der Waals surface area contributed by atoms with Crippen molar-refractivity contribution < 1.29 is 32.3 Å². The summed E-state index contributed by atoms with van der Waals surface area (Å²) in [5.41, 5.74) is 0.209. The van der Waals surface area contributed by atoms with Crippen molar-refractivity contribution in [2.75, 3.05) is 32.8 Å². The minimum absolute atomic E-state index is 0.00520. The average molecular weight is 499 g/mol. The van der Waals surface area contributed by atoms with Crippen molar-refractivity contribution in [2.24, 2.45) is 0 Å². The van der Waals surface area contributed by atoms with Gasteiger partial charge in [0, 0.05) is 24.7 Å². The molecule has 1 amide bonds. The summed E-state index contributed by atoms with van der Waals surface area (Å²) in [6.45, 7) is -0.00520. The Labute approximate surface area is 196 Å². The number of carbonyl (C=O) groups is 1. The van der Waals surface area contributed by atoms with Crippen LogP contribution in [0.15, 0.2) is 30.3 Å². The Kier molecular flexibility index (Phi) is 7.33. The first-order valence-corrected chi connectivity index (χ1v) is 12.0. The molecule has 0 saturated carbocycles. The number of nitro groups is 1. The number of amides is 1. The molecule has 1 aliphatic heterocycles. The molecule has 1 heterocycles. The summed E-state index contributed by atoms with van der Waals surface area (Å²) in [6.07, 6.45) is 0.241. The molecule has 0 aliphatic carbocycles. The molecule has 1 unspecified atom stereocenters. The van der Waals surface area contributed by atoms with Gasteiger partial charge in [0.15, 0.2) is 21.3 Å². The number of halogens is 1. The van der Waals surface area contributed by atoms with Crippen LogP contribution in [0.4, 0.5) is 5.69 Å². The number of carbonyl (C=O) groups excluding carboxylic acids is 1. The lowest BCUT2D eigenvalue weighted by Gasteiger charge is -2.29. The maximum Gasteiger partial charge on any atom is 0.270 e. The molecule has 2 aromatic rings. The zero-order valence-electron chi connectivity index (χ0n) is 18.2. The molecule has 3 rings (SSSR count). The molecule has 12 heteroatoms. The third-order valence-electron chi connectivity index (χ3n) is 5.38. The number of non-ortho nitro benzene ring substituents is 1. The second kappa shape index (κ2) is 9.84. The Morgan fingerprint density at radius 1 is 1.15 bits per heavy atom. The number of nitro benzene ring substituents is 1. The van der Waals surface area contributed by atoms with Crippen molar-refractivity contribution in [2.45, 2.75) is 19.0 Å². The van der Waals surface area contributed by atoms with Crippen LogP contribution in [0.3, 0.4) is 0 Å². The van der Waals surface area contributed by atoms with Crippen LogP contribution in [-0.4, -0.2) is 63.0 Å². The van der Waals surface area contributed by atoms with E-state index in [0.29, 0.717) is 22.8 Å². The first-order chi connectivity index (χ1) is 15.6. The number of hydrogen-bond donors (Lipinski definition) is 0. The summed E-state index contributed by atoms with van der Waals surface area (Å²) in [5, 5.41) is 11.2. The van der Waals surface area contributed by atoms with Gasteiger partial charge in [-0.1, -0.05) is 11.6 Å². The highest BCUT2D eigenvalue weighted by atomic mass is 35.5. The lowest BCUT2D eigenvalue weighted by molar-refractivity contribution is -0.384. The van der Waals surface area contributed by atoms with E-state index in [1.54, 1.807) is 12.1 Å². The highest BCUT2D eigenvalue weighted by molar-refractivity contribution is 7.91. The van der Waals surface area contributed by atoms with E-state index in [1.807, 2.05) is 0 Å². The summed E-state index contributed by atoms with van der Waals surface area (Å²) in [6, 6.07) is 6.24. The number of sulfone groups is 1. The normalized spacial score (nSPS) is 16.8. The van der Waals surface area contributed by atoms with Gasteiger partial charge in [-0.3, -0.25) is 14.9 Å². The summed E-state index contributed by atoms with van der Waals surface area (Å²) in [5.74, 6) is 0.222. The predicted molar refractivity (Wildman–Crippen MR) is 121 cm³/mol. The minimum atomic E-state index is -3.32. The lowest BCUT2D eigenvalue weighted by Crippen LogP contribution is -2.40. The van der Waals surface area contributed by atoms with E-state index in [9.17, 15) is 23.3 Å². The van der Waals surface area contributed by atoms with Gasteiger partial charge in [-0.2, -0.15) is 0 Å². The van der Waals surface area contributed by atoms with E-state index in [-0.39, 0.29) is 40.7 Å². The van der Waals surface area contributed by atoms with Crippen LogP contribution in [0.25, 0.3) is 0 Å². The van der Waals surface area contributed by atoms with Gasteiger partial charge in [-0.25, -0.2) is 8.42 Å². The van der Waals surface area contributed by atoms with Crippen molar-refractivity contribution in [3.63, 3.8) is 0 Å². The maximum atomic E-state index is 13.5. The number of nitrogens with zero attached hydrogens (tertiary/aromatic N) is 2. The predicted octanol–water partition coefficient (Wildman–Crippen LogP) is 3.10. The Bertz CT molecular complexity index is 1160. The van der Waals surface area contributed by atoms with E-state index < -0.39 is 26.7 Å². The van der Waals surface area contributed by atoms with Crippen LogP contribution in [0, 0.1) is 10.1 Å². The van der Waals surface area contributed by atoms with Gasteiger partial charge in [0.2, 0.25) is 5.75 Å². The summed E-state index contributed by atoms with van der Waals surface area (Å²) < 4.78 is 40.3. The van der Waals surface area contributed by atoms with Crippen molar-refractivity contribution in [1.29, 1.82) is 0 Å². The molecule has 0 bridgehead atoms. The van der Waals surface area contributed by atoms with Crippen molar-refractivity contribution in [1.82, 2.24) is 4.90 Å². The molecule has 10 nitrogen and oxygen atoms in total. The number of hydrogen-bond acceptors (Lipinski definition) is 8. The Morgan fingerprint density at radius 2 is 1.79 bits per heavy atom. The Balaban J connectivity index is 2.06. The van der Waals surface area contributed by atoms with Gasteiger partial charge >= 0.3 is 0 Å². The molecule has 1 aliphatic rings. The monoisotopic (exact) mass is 498 g/mol. The fourth-order valence-corrected chi connectivity index (χ4v) is 5.69. The standard InChI is InChI=1S/C21H23ClN2O8S/c1-30-18-8-13(9-19(31-2)20(18)32-3)11-23(15-6-7-33(28,29)12-15)21(25)16-10-14(24(26)27)4-5-17(16)22/h4-5,8-10,15H,6-7,11-12H2,1-3H3. The molecule has 2 aromatic carbocycles. The second-order valence-corrected chi connectivity index (χ2v) is 10.1. The third kappa shape index (κ3) is 5.31. The van der Waals surface area contributed by atoms with Crippen LogP contribution in [0.2, 0.25) is 5.02 Å². The molecule has 0 radical (unpaired) electrons. The quantitative estimate of drug-likeness (QED) is 0.401. The fourth-order valence-electron chi connectivity index (χ4n) is 3.76. The number of benzene rings is 2. The van der Waals surface area contributed by atoms with Gasteiger partial charge in [0.1, 0.15) is 0 Å². The van der Waals surface area contributed by atoms with Crippen LogP contribution in [-0.2, 0) is 16.4 Å². The molecule has 0 N–H and O–H groups in total. The number of rotatable bonds is 8. The molecular weight excluding hydrogens is 476 g/mol. The lowest BCUT2D eigenvalue weighted by atomic mass is 10.1. The van der Waals surface area contributed by atoms with Gasteiger partial charge in [0.05, 0.1) is 48.3 Å². The maximum absolute atomic E-state index is 13.5. The van der Waals surface area contributed by atoms with E-state index in [2.05, 4.69) is 0 Å². The minimum Gasteiger partial charge on any atom is -0.493 e. The smallest absolute Gasteiger partial charge is 0.270 e. The summed E-state index contributed by atoms with van der Waals surface area (Å²) in [4.78, 5) is 25.5. The number of ether oxygens (including phenoxy) is 3. The molecule has 1 saturated heterocycles. The Morgan fingerprint density at radius 3 is 2.27 bits per heavy atom.